The molecule has 0 amide bonds. The Morgan fingerprint density at radius 1 is 1.44 bits per heavy atom. The third-order valence-electron chi connectivity index (χ3n) is 2.13. The molecular weight excluding hydrogens is 272 g/mol. The maximum absolute atomic E-state index is 11.7. The highest BCUT2D eigenvalue weighted by Crippen LogP contribution is 2.25. The summed E-state index contributed by atoms with van der Waals surface area (Å²) >= 11 is 3.31. The second kappa shape index (κ2) is 4.09. The summed E-state index contributed by atoms with van der Waals surface area (Å²) in [5.41, 5.74) is 0.468. The van der Waals surface area contributed by atoms with Crippen LogP contribution in [0.25, 0.3) is 11.1 Å². The van der Waals surface area contributed by atoms with E-state index in [4.69, 9.17) is 0 Å². The van der Waals surface area contributed by atoms with Crippen LogP contribution < -0.4 is 5.56 Å². The van der Waals surface area contributed by atoms with Crippen LogP contribution in [0.4, 0.5) is 0 Å². The van der Waals surface area contributed by atoms with E-state index in [0.717, 1.165) is 4.47 Å². The lowest BCUT2D eigenvalue weighted by atomic mass is 10.1. The molecule has 2 rings (SSSR count). The van der Waals surface area contributed by atoms with Crippen molar-refractivity contribution < 1.29 is 5.11 Å². The largest absolute Gasteiger partial charge is 0.493 e. The minimum atomic E-state index is -0.344. The average molecular weight is 281 g/mol. The zero-order chi connectivity index (χ0) is 11.7. The van der Waals surface area contributed by atoms with Crippen molar-refractivity contribution in [3.8, 4) is 17.0 Å². The average Bonchev–Trinajstić information content (AvgIpc) is 2.15. The molecule has 16 heavy (non-hydrogen) atoms. The van der Waals surface area contributed by atoms with Gasteiger partial charge in [0, 0.05) is 4.47 Å². The van der Waals surface area contributed by atoms with E-state index in [0.29, 0.717) is 11.4 Å². The lowest BCUT2D eigenvalue weighted by Crippen LogP contribution is -2.12. The molecule has 2 N–H and O–H groups in total. The van der Waals surface area contributed by atoms with Gasteiger partial charge in [-0.3, -0.25) is 4.79 Å². The van der Waals surface area contributed by atoms with Gasteiger partial charge < -0.3 is 10.1 Å². The smallest absolute Gasteiger partial charge is 0.262 e. The standard InChI is InChI=1S/C11H9BrN2O2/c1-6-13-10(15)9(11(16)14-6)7-3-2-4-8(12)5-7/h2-5H,1H3,(H2,13,14,15,16). The van der Waals surface area contributed by atoms with Crippen molar-refractivity contribution in [1.82, 2.24) is 9.97 Å². The fourth-order valence-electron chi connectivity index (χ4n) is 1.48. The number of halogens is 1. The van der Waals surface area contributed by atoms with Crippen LogP contribution in [-0.2, 0) is 0 Å². The van der Waals surface area contributed by atoms with E-state index < -0.39 is 0 Å². The number of aromatic amines is 1. The number of H-pyrrole nitrogens is 1. The van der Waals surface area contributed by atoms with E-state index in [9.17, 15) is 9.90 Å². The molecule has 0 bridgehead atoms. The molecule has 0 atom stereocenters. The molecular formula is C11H9BrN2O2. The van der Waals surface area contributed by atoms with Crippen LogP contribution in [0.15, 0.2) is 33.5 Å². The molecule has 0 saturated heterocycles. The molecule has 1 aromatic heterocycles. The summed E-state index contributed by atoms with van der Waals surface area (Å²) in [5.74, 6) is 0.139. The van der Waals surface area contributed by atoms with Crippen LogP contribution in [0, 0.1) is 6.92 Å². The van der Waals surface area contributed by atoms with Crippen molar-refractivity contribution >= 4 is 15.9 Å². The van der Waals surface area contributed by atoms with Gasteiger partial charge in [-0.25, -0.2) is 4.98 Å². The summed E-state index contributed by atoms with van der Waals surface area (Å²) in [6.45, 7) is 1.62. The summed E-state index contributed by atoms with van der Waals surface area (Å²) in [6.07, 6.45) is 0. The Hall–Kier alpha value is -1.62. The van der Waals surface area contributed by atoms with Gasteiger partial charge in [-0.2, -0.15) is 0 Å². The number of benzene rings is 1. The number of rotatable bonds is 1. The third-order valence-corrected chi connectivity index (χ3v) is 2.63. The van der Waals surface area contributed by atoms with Gasteiger partial charge in [-0.15, -0.1) is 0 Å². The fraction of sp³-hybridized carbons (Fsp3) is 0.0909. The highest BCUT2D eigenvalue weighted by molar-refractivity contribution is 9.10. The maximum atomic E-state index is 11.7. The highest BCUT2D eigenvalue weighted by Gasteiger charge is 2.11. The summed E-state index contributed by atoms with van der Waals surface area (Å²) in [6, 6.07) is 7.13. The van der Waals surface area contributed by atoms with Gasteiger partial charge in [0.15, 0.2) is 0 Å². The third kappa shape index (κ3) is 1.99. The van der Waals surface area contributed by atoms with Gasteiger partial charge >= 0.3 is 0 Å². The SMILES string of the molecule is Cc1nc(O)c(-c2cccc(Br)c2)c(=O)[nH]1. The number of aromatic nitrogens is 2. The lowest BCUT2D eigenvalue weighted by Gasteiger charge is -2.04. The normalized spacial score (nSPS) is 10.4. The second-order valence-electron chi connectivity index (χ2n) is 3.36. The van der Waals surface area contributed by atoms with E-state index in [-0.39, 0.29) is 17.0 Å². The topological polar surface area (TPSA) is 66.0 Å². The van der Waals surface area contributed by atoms with E-state index in [1.807, 2.05) is 6.07 Å². The molecule has 0 fully saturated rings. The van der Waals surface area contributed by atoms with Gasteiger partial charge in [0.05, 0.1) is 0 Å². The van der Waals surface area contributed by atoms with Crippen LogP contribution in [-0.4, -0.2) is 15.1 Å². The molecule has 5 heteroatoms. The Bertz CT molecular complexity index is 593. The zero-order valence-electron chi connectivity index (χ0n) is 8.49. The van der Waals surface area contributed by atoms with E-state index in [1.54, 1.807) is 25.1 Å². The molecule has 0 unspecified atom stereocenters. The molecule has 2 aromatic rings. The van der Waals surface area contributed by atoms with Crippen molar-refractivity contribution in [2.45, 2.75) is 6.92 Å². The Kier molecular flexibility index (Phi) is 2.78. The summed E-state index contributed by atoms with van der Waals surface area (Å²) in [4.78, 5) is 18.1. The number of aryl methyl sites for hydroxylation is 1. The van der Waals surface area contributed by atoms with Crippen molar-refractivity contribution in [1.29, 1.82) is 0 Å². The summed E-state index contributed by atoms with van der Waals surface area (Å²) in [5, 5.41) is 9.67. The summed E-state index contributed by atoms with van der Waals surface area (Å²) in [7, 11) is 0. The zero-order valence-corrected chi connectivity index (χ0v) is 10.1. The van der Waals surface area contributed by atoms with E-state index >= 15 is 0 Å². The number of nitrogens with zero attached hydrogens (tertiary/aromatic N) is 1. The number of hydrogen-bond acceptors (Lipinski definition) is 3. The predicted octanol–water partition coefficient (Wildman–Crippen LogP) is 2.21. The molecule has 1 heterocycles. The van der Waals surface area contributed by atoms with Crippen molar-refractivity contribution in [3.05, 3.63) is 44.9 Å². The van der Waals surface area contributed by atoms with Crippen LogP contribution in [0.3, 0.4) is 0 Å². The number of aromatic hydroxyl groups is 1. The van der Waals surface area contributed by atoms with Gasteiger partial charge in [-0.05, 0) is 24.6 Å². The van der Waals surface area contributed by atoms with Gasteiger partial charge in [0.25, 0.3) is 5.56 Å². The fourth-order valence-corrected chi connectivity index (χ4v) is 1.87. The first-order chi connectivity index (χ1) is 7.58. The molecule has 0 aliphatic rings. The minimum absolute atomic E-state index is 0.187. The molecule has 1 aromatic carbocycles. The van der Waals surface area contributed by atoms with Crippen LogP contribution in [0.2, 0.25) is 0 Å². The molecule has 0 saturated carbocycles. The Balaban J connectivity index is 2.70. The molecule has 82 valence electrons. The van der Waals surface area contributed by atoms with Gasteiger partial charge in [0.1, 0.15) is 11.4 Å². The molecule has 0 radical (unpaired) electrons. The first-order valence-corrected chi connectivity index (χ1v) is 5.43. The first-order valence-electron chi connectivity index (χ1n) is 4.64. The second-order valence-corrected chi connectivity index (χ2v) is 4.28. The van der Waals surface area contributed by atoms with Gasteiger partial charge in [0.2, 0.25) is 5.88 Å². The number of hydrogen-bond donors (Lipinski definition) is 2. The Morgan fingerprint density at radius 3 is 2.81 bits per heavy atom. The summed E-state index contributed by atoms with van der Waals surface area (Å²) < 4.78 is 0.837. The first kappa shape index (κ1) is 10.9. The highest BCUT2D eigenvalue weighted by atomic mass is 79.9. The van der Waals surface area contributed by atoms with Crippen molar-refractivity contribution in [3.63, 3.8) is 0 Å². The maximum Gasteiger partial charge on any atom is 0.262 e. The monoisotopic (exact) mass is 280 g/mol. The lowest BCUT2D eigenvalue weighted by molar-refractivity contribution is 0.451. The molecule has 0 aliphatic heterocycles. The van der Waals surface area contributed by atoms with Gasteiger partial charge in [-0.1, -0.05) is 28.1 Å². The van der Waals surface area contributed by atoms with Crippen LogP contribution >= 0.6 is 15.9 Å². The Labute approximate surface area is 100 Å². The van der Waals surface area contributed by atoms with E-state index in [2.05, 4.69) is 25.9 Å². The van der Waals surface area contributed by atoms with Crippen LogP contribution in [0.5, 0.6) is 5.88 Å². The van der Waals surface area contributed by atoms with Crippen molar-refractivity contribution in [2.24, 2.45) is 0 Å². The molecule has 0 spiro atoms. The van der Waals surface area contributed by atoms with E-state index in [1.165, 1.54) is 0 Å². The quantitative estimate of drug-likeness (QED) is 0.842. The number of nitrogens with one attached hydrogen (secondary N) is 1. The van der Waals surface area contributed by atoms with Crippen molar-refractivity contribution in [2.75, 3.05) is 0 Å². The predicted molar refractivity (Wildman–Crippen MR) is 64.4 cm³/mol. The minimum Gasteiger partial charge on any atom is -0.493 e. The molecule has 0 aliphatic carbocycles. The Morgan fingerprint density at radius 2 is 2.19 bits per heavy atom. The van der Waals surface area contributed by atoms with Crippen LogP contribution in [0.1, 0.15) is 5.82 Å². The molecule has 4 nitrogen and oxygen atoms in total.